The van der Waals surface area contributed by atoms with Gasteiger partial charge in [0.05, 0.1) is 22.6 Å². The monoisotopic (exact) mass is 338 g/mol. The summed E-state index contributed by atoms with van der Waals surface area (Å²) in [6.07, 6.45) is 0.829. The van der Waals surface area contributed by atoms with Crippen LogP contribution in [-0.2, 0) is 0 Å². The van der Waals surface area contributed by atoms with Gasteiger partial charge in [-0.1, -0.05) is 0 Å². The van der Waals surface area contributed by atoms with Gasteiger partial charge in [-0.15, -0.1) is 12.4 Å². The van der Waals surface area contributed by atoms with Crippen molar-refractivity contribution >= 4 is 18.3 Å². The first kappa shape index (κ1) is 17.4. The molecule has 0 unspecified atom stereocenters. The smallest absolute Gasteiger partial charge is 0.257 e. The molecular weight excluding hydrogens is 319 g/mol. The second-order valence-electron chi connectivity index (χ2n) is 5.73. The highest BCUT2D eigenvalue weighted by atomic mass is 35.5. The van der Waals surface area contributed by atoms with Crippen LogP contribution in [0.25, 0.3) is 5.69 Å². The van der Waals surface area contributed by atoms with Crippen LogP contribution in [-0.4, -0.2) is 39.7 Å². The van der Waals surface area contributed by atoms with Crippen LogP contribution >= 0.6 is 12.4 Å². The Morgan fingerprint density at radius 3 is 2.52 bits per heavy atom. The third-order valence-electron chi connectivity index (χ3n) is 4.09. The number of carbonyl (C=O) groups is 1. The summed E-state index contributed by atoms with van der Waals surface area (Å²) in [5.74, 6) is -0.330. The van der Waals surface area contributed by atoms with Crippen LogP contribution in [0.3, 0.4) is 0 Å². The number of carbonyl (C=O) groups excluding carboxylic acids is 1. The first-order valence-electron chi connectivity index (χ1n) is 7.34. The van der Waals surface area contributed by atoms with Crippen LogP contribution in [0.2, 0.25) is 0 Å². The molecule has 0 aliphatic carbocycles. The van der Waals surface area contributed by atoms with Crippen molar-refractivity contribution in [2.24, 2.45) is 5.73 Å². The van der Waals surface area contributed by atoms with E-state index in [1.807, 2.05) is 13.8 Å². The Morgan fingerprint density at radius 2 is 1.96 bits per heavy atom. The molecule has 2 heterocycles. The highest BCUT2D eigenvalue weighted by molar-refractivity contribution is 5.96. The third-order valence-corrected chi connectivity index (χ3v) is 4.09. The van der Waals surface area contributed by atoms with Crippen molar-refractivity contribution in [2.45, 2.75) is 26.3 Å². The van der Waals surface area contributed by atoms with E-state index in [0.29, 0.717) is 24.3 Å². The number of amides is 1. The minimum Gasteiger partial charge on any atom is -0.337 e. The Balaban J connectivity index is 0.00000192. The van der Waals surface area contributed by atoms with Crippen molar-refractivity contribution < 1.29 is 9.18 Å². The van der Waals surface area contributed by atoms with E-state index in [1.54, 1.807) is 21.7 Å². The summed E-state index contributed by atoms with van der Waals surface area (Å²) in [6, 6.07) is 6.11. The SMILES string of the molecule is Cc1nn(-c2ccc(F)cc2)c(C)c1C(=O)N1CC[C@@H](N)C1.Cl. The number of likely N-dealkylation sites (tertiary alicyclic amines) is 1. The van der Waals surface area contributed by atoms with E-state index < -0.39 is 0 Å². The normalized spacial score (nSPS) is 17.2. The van der Waals surface area contributed by atoms with Crippen molar-refractivity contribution in [3.63, 3.8) is 0 Å². The van der Waals surface area contributed by atoms with E-state index in [0.717, 1.165) is 17.8 Å². The molecular formula is C16H20ClFN4O. The van der Waals surface area contributed by atoms with Gasteiger partial charge in [-0.2, -0.15) is 5.10 Å². The molecule has 1 atom stereocenters. The molecule has 0 radical (unpaired) electrons. The van der Waals surface area contributed by atoms with Gasteiger partial charge in [-0.25, -0.2) is 9.07 Å². The molecule has 0 saturated carbocycles. The van der Waals surface area contributed by atoms with Gasteiger partial charge < -0.3 is 10.6 Å². The van der Waals surface area contributed by atoms with Crippen LogP contribution in [0.15, 0.2) is 24.3 Å². The summed E-state index contributed by atoms with van der Waals surface area (Å²) >= 11 is 0. The molecule has 1 amide bonds. The Kier molecular flexibility index (Phi) is 5.06. The lowest BCUT2D eigenvalue weighted by Crippen LogP contribution is -2.32. The summed E-state index contributed by atoms with van der Waals surface area (Å²) in [4.78, 5) is 14.5. The molecule has 1 aromatic heterocycles. The first-order valence-corrected chi connectivity index (χ1v) is 7.34. The lowest BCUT2D eigenvalue weighted by molar-refractivity contribution is 0.0789. The van der Waals surface area contributed by atoms with Crippen molar-refractivity contribution in [2.75, 3.05) is 13.1 Å². The van der Waals surface area contributed by atoms with Gasteiger partial charge in [0, 0.05) is 19.1 Å². The number of rotatable bonds is 2. The lowest BCUT2D eigenvalue weighted by Gasteiger charge is -2.16. The minimum atomic E-state index is -0.298. The number of nitrogens with zero attached hydrogens (tertiary/aromatic N) is 3. The lowest BCUT2D eigenvalue weighted by atomic mass is 10.1. The van der Waals surface area contributed by atoms with Gasteiger partial charge in [-0.05, 0) is 44.5 Å². The van der Waals surface area contributed by atoms with Gasteiger partial charge in [-0.3, -0.25) is 4.79 Å². The van der Waals surface area contributed by atoms with Gasteiger partial charge in [0.25, 0.3) is 5.91 Å². The fourth-order valence-corrected chi connectivity index (χ4v) is 2.92. The van der Waals surface area contributed by atoms with Crippen molar-refractivity contribution in [1.82, 2.24) is 14.7 Å². The van der Waals surface area contributed by atoms with Gasteiger partial charge in [0.2, 0.25) is 0 Å². The zero-order valence-electron chi connectivity index (χ0n) is 13.1. The van der Waals surface area contributed by atoms with Crippen LogP contribution in [0.1, 0.15) is 28.2 Å². The molecule has 1 saturated heterocycles. The Bertz CT molecular complexity index is 714. The predicted molar refractivity (Wildman–Crippen MR) is 88.7 cm³/mol. The molecule has 7 heteroatoms. The predicted octanol–water partition coefficient (Wildman–Crippen LogP) is 2.22. The van der Waals surface area contributed by atoms with Crippen LogP contribution in [0.5, 0.6) is 0 Å². The number of benzene rings is 1. The topological polar surface area (TPSA) is 64.2 Å². The van der Waals surface area contributed by atoms with Crippen LogP contribution < -0.4 is 5.73 Å². The van der Waals surface area contributed by atoms with Gasteiger partial charge in [0.15, 0.2) is 0 Å². The van der Waals surface area contributed by atoms with E-state index in [2.05, 4.69) is 5.10 Å². The molecule has 1 aliphatic heterocycles. The highest BCUT2D eigenvalue weighted by Gasteiger charge is 2.28. The largest absolute Gasteiger partial charge is 0.337 e. The number of hydrogen-bond acceptors (Lipinski definition) is 3. The number of aromatic nitrogens is 2. The first-order chi connectivity index (χ1) is 10.5. The molecule has 23 heavy (non-hydrogen) atoms. The van der Waals surface area contributed by atoms with Crippen LogP contribution in [0, 0.1) is 19.7 Å². The zero-order valence-corrected chi connectivity index (χ0v) is 13.9. The molecule has 1 aliphatic rings. The highest BCUT2D eigenvalue weighted by Crippen LogP contribution is 2.21. The summed E-state index contributed by atoms with van der Waals surface area (Å²) in [5, 5.41) is 4.44. The maximum Gasteiger partial charge on any atom is 0.257 e. The van der Waals surface area contributed by atoms with Crippen molar-refractivity contribution in [1.29, 1.82) is 0 Å². The molecule has 1 aromatic carbocycles. The summed E-state index contributed by atoms with van der Waals surface area (Å²) in [6.45, 7) is 4.93. The molecule has 0 spiro atoms. The summed E-state index contributed by atoms with van der Waals surface area (Å²) in [5.41, 5.74) is 8.65. The average Bonchev–Trinajstić information content (AvgIpc) is 3.03. The molecule has 1 fully saturated rings. The summed E-state index contributed by atoms with van der Waals surface area (Å²) in [7, 11) is 0. The molecule has 3 rings (SSSR count). The second kappa shape index (κ2) is 6.68. The quantitative estimate of drug-likeness (QED) is 0.913. The Labute approximate surface area is 140 Å². The Hall–Kier alpha value is -1.92. The van der Waals surface area contributed by atoms with Crippen molar-refractivity contribution in [3.05, 3.63) is 47.0 Å². The third kappa shape index (κ3) is 3.23. The maximum absolute atomic E-state index is 13.1. The molecule has 5 nitrogen and oxygen atoms in total. The fraction of sp³-hybridized carbons (Fsp3) is 0.375. The zero-order chi connectivity index (χ0) is 15.9. The second-order valence-corrected chi connectivity index (χ2v) is 5.73. The molecule has 0 bridgehead atoms. The summed E-state index contributed by atoms with van der Waals surface area (Å²) < 4.78 is 14.7. The van der Waals surface area contributed by atoms with E-state index in [9.17, 15) is 9.18 Å². The maximum atomic E-state index is 13.1. The molecule has 124 valence electrons. The van der Waals surface area contributed by atoms with E-state index in [1.165, 1.54) is 12.1 Å². The number of nitrogens with two attached hydrogens (primary N) is 1. The van der Waals surface area contributed by atoms with E-state index in [-0.39, 0.29) is 30.2 Å². The van der Waals surface area contributed by atoms with Crippen LogP contribution in [0.4, 0.5) is 4.39 Å². The average molecular weight is 339 g/mol. The van der Waals surface area contributed by atoms with Gasteiger partial charge in [0.1, 0.15) is 5.82 Å². The minimum absolute atomic E-state index is 0. The number of halogens is 2. The number of hydrogen-bond donors (Lipinski definition) is 1. The fourth-order valence-electron chi connectivity index (χ4n) is 2.92. The van der Waals surface area contributed by atoms with E-state index >= 15 is 0 Å². The Morgan fingerprint density at radius 1 is 1.30 bits per heavy atom. The molecule has 2 N–H and O–H groups in total. The number of aryl methyl sites for hydroxylation is 1. The molecule has 2 aromatic rings. The van der Waals surface area contributed by atoms with E-state index in [4.69, 9.17) is 5.73 Å². The van der Waals surface area contributed by atoms with Gasteiger partial charge >= 0.3 is 0 Å². The van der Waals surface area contributed by atoms with Crippen molar-refractivity contribution in [3.8, 4) is 5.69 Å². The standard InChI is InChI=1S/C16H19FN4O.ClH/c1-10-15(16(22)20-8-7-13(18)9-20)11(2)21(19-10)14-5-3-12(17)4-6-14;/h3-6,13H,7-9,18H2,1-2H3;1H/t13-;/m1./s1.